The van der Waals surface area contributed by atoms with E-state index < -0.39 is 6.17 Å². The Hall–Kier alpha value is -1.39. The molecule has 0 radical (unpaired) electrons. The second-order valence-corrected chi connectivity index (χ2v) is 2.68. The first-order valence-corrected chi connectivity index (χ1v) is 3.59. The third kappa shape index (κ3) is 1.07. The van der Waals surface area contributed by atoms with E-state index in [-0.39, 0.29) is 24.7 Å². The van der Waals surface area contributed by atoms with Gasteiger partial charge < -0.3 is 9.32 Å². The zero-order valence-corrected chi connectivity index (χ0v) is 6.24. The fourth-order valence-electron chi connectivity index (χ4n) is 1.07. The van der Waals surface area contributed by atoms with Gasteiger partial charge in [0, 0.05) is 0 Å². The molecule has 0 atom stereocenters. The van der Waals surface area contributed by atoms with Crippen molar-refractivity contribution >= 4 is 5.91 Å². The highest BCUT2D eigenvalue weighted by Crippen LogP contribution is 2.14. The molecule has 0 aliphatic carbocycles. The lowest BCUT2D eigenvalue weighted by atomic mass is 10.2. The quantitative estimate of drug-likeness (QED) is 0.615. The minimum absolute atomic E-state index is 0.172. The summed E-state index contributed by atoms with van der Waals surface area (Å²) >= 11 is 0. The fraction of sp³-hybridized carbons (Fsp3) is 0.429. The van der Waals surface area contributed by atoms with Crippen molar-refractivity contribution in [3.8, 4) is 0 Å². The summed E-state index contributed by atoms with van der Waals surface area (Å²) in [6, 6.07) is 0. The summed E-state index contributed by atoms with van der Waals surface area (Å²) < 4.78 is 17.0. The molecule has 4 nitrogen and oxygen atoms in total. The normalized spacial score (nSPS) is 17.6. The first-order valence-electron chi connectivity index (χ1n) is 3.59. The molecule has 0 bridgehead atoms. The Morgan fingerprint density at radius 1 is 1.75 bits per heavy atom. The Morgan fingerprint density at radius 3 is 3.00 bits per heavy atom. The molecule has 2 rings (SSSR count). The number of carbonyl (C=O) groups excluding carboxylic acids is 1. The number of likely N-dealkylation sites (tertiary alicyclic amines) is 1. The van der Waals surface area contributed by atoms with Crippen molar-refractivity contribution in [2.24, 2.45) is 0 Å². The van der Waals surface area contributed by atoms with Crippen molar-refractivity contribution in [2.75, 3.05) is 13.1 Å². The van der Waals surface area contributed by atoms with Gasteiger partial charge in [-0.3, -0.25) is 4.79 Å². The van der Waals surface area contributed by atoms with Gasteiger partial charge in [-0.25, -0.2) is 9.37 Å². The van der Waals surface area contributed by atoms with E-state index in [2.05, 4.69) is 9.40 Å². The van der Waals surface area contributed by atoms with Gasteiger partial charge >= 0.3 is 0 Å². The van der Waals surface area contributed by atoms with E-state index in [0.717, 1.165) is 0 Å². The van der Waals surface area contributed by atoms with Crippen LogP contribution in [0, 0.1) is 0 Å². The standard InChI is InChI=1S/C7H7FN2O2/c8-5-1-10(2-5)7(11)6-3-12-4-9-6/h3-5H,1-2H2. The number of rotatable bonds is 1. The molecule has 1 amide bonds. The lowest BCUT2D eigenvalue weighted by Gasteiger charge is -2.33. The minimum atomic E-state index is -0.874. The van der Waals surface area contributed by atoms with Gasteiger partial charge in [0.05, 0.1) is 13.1 Å². The number of oxazole rings is 1. The summed E-state index contributed by atoms with van der Waals surface area (Å²) in [7, 11) is 0. The van der Waals surface area contributed by atoms with Crippen LogP contribution in [0.15, 0.2) is 17.1 Å². The van der Waals surface area contributed by atoms with Crippen LogP contribution in [0.4, 0.5) is 4.39 Å². The van der Waals surface area contributed by atoms with Crippen LogP contribution in [0.5, 0.6) is 0 Å². The van der Waals surface area contributed by atoms with E-state index in [1.54, 1.807) is 0 Å². The summed E-state index contributed by atoms with van der Waals surface area (Å²) in [6.45, 7) is 0.345. The first kappa shape index (κ1) is 7.27. The van der Waals surface area contributed by atoms with E-state index in [1.165, 1.54) is 17.6 Å². The van der Waals surface area contributed by atoms with Gasteiger partial charge in [0.15, 0.2) is 12.1 Å². The van der Waals surface area contributed by atoms with Crippen molar-refractivity contribution in [2.45, 2.75) is 6.17 Å². The lowest BCUT2D eigenvalue weighted by molar-refractivity contribution is 0.0394. The molecule has 2 heterocycles. The highest BCUT2D eigenvalue weighted by molar-refractivity contribution is 5.92. The van der Waals surface area contributed by atoms with E-state index in [9.17, 15) is 9.18 Å². The maximum atomic E-state index is 12.3. The number of alkyl halides is 1. The maximum Gasteiger partial charge on any atom is 0.276 e. The van der Waals surface area contributed by atoms with Crippen molar-refractivity contribution in [3.05, 3.63) is 18.4 Å². The molecule has 0 unspecified atom stereocenters. The van der Waals surface area contributed by atoms with Crippen molar-refractivity contribution < 1.29 is 13.6 Å². The van der Waals surface area contributed by atoms with Gasteiger partial charge in [-0.15, -0.1) is 0 Å². The molecule has 1 fully saturated rings. The van der Waals surface area contributed by atoms with Crippen LogP contribution < -0.4 is 0 Å². The average molecular weight is 170 g/mol. The van der Waals surface area contributed by atoms with Gasteiger partial charge in [-0.05, 0) is 0 Å². The number of aromatic nitrogens is 1. The van der Waals surface area contributed by atoms with Crippen LogP contribution in [0.3, 0.4) is 0 Å². The van der Waals surface area contributed by atoms with Crippen LogP contribution in [-0.4, -0.2) is 35.1 Å². The third-order valence-electron chi connectivity index (χ3n) is 1.78. The molecule has 12 heavy (non-hydrogen) atoms. The fourth-order valence-corrected chi connectivity index (χ4v) is 1.07. The van der Waals surface area contributed by atoms with Crippen LogP contribution in [-0.2, 0) is 0 Å². The van der Waals surface area contributed by atoms with Crippen LogP contribution in [0.2, 0.25) is 0 Å². The van der Waals surface area contributed by atoms with Gasteiger partial charge in [-0.1, -0.05) is 0 Å². The second kappa shape index (κ2) is 2.58. The molecule has 1 aromatic heterocycles. The molecule has 0 aromatic carbocycles. The smallest absolute Gasteiger partial charge is 0.276 e. The van der Waals surface area contributed by atoms with E-state index in [1.807, 2.05) is 0 Å². The number of halogens is 1. The minimum Gasteiger partial charge on any atom is -0.451 e. The number of nitrogens with zero attached hydrogens (tertiary/aromatic N) is 2. The Kier molecular flexibility index (Phi) is 1.56. The van der Waals surface area contributed by atoms with Crippen LogP contribution >= 0.6 is 0 Å². The molecular weight excluding hydrogens is 163 g/mol. The Balaban J connectivity index is 2.03. The summed E-state index contributed by atoms with van der Waals surface area (Å²) in [4.78, 5) is 16.3. The van der Waals surface area contributed by atoms with Crippen molar-refractivity contribution in [1.82, 2.24) is 9.88 Å². The van der Waals surface area contributed by atoms with E-state index in [4.69, 9.17) is 0 Å². The predicted molar refractivity (Wildman–Crippen MR) is 37.3 cm³/mol. The zero-order chi connectivity index (χ0) is 8.55. The van der Waals surface area contributed by atoms with Gasteiger partial charge in [-0.2, -0.15) is 0 Å². The van der Waals surface area contributed by atoms with Gasteiger partial charge in [0.25, 0.3) is 5.91 Å². The maximum absolute atomic E-state index is 12.3. The average Bonchev–Trinajstić information content (AvgIpc) is 2.49. The summed E-state index contributed by atoms with van der Waals surface area (Å²) in [5, 5.41) is 0. The Labute approximate surface area is 68.0 Å². The largest absolute Gasteiger partial charge is 0.451 e. The summed E-state index contributed by atoms with van der Waals surface area (Å²) in [5.74, 6) is -0.266. The summed E-state index contributed by atoms with van der Waals surface area (Å²) in [6.07, 6.45) is 1.56. The Morgan fingerprint density at radius 2 is 2.50 bits per heavy atom. The molecule has 0 spiro atoms. The Bertz CT molecular complexity index is 280. The molecule has 1 aliphatic rings. The number of hydrogen-bond acceptors (Lipinski definition) is 3. The molecule has 1 aromatic rings. The van der Waals surface area contributed by atoms with Crippen LogP contribution in [0.1, 0.15) is 10.5 Å². The van der Waals surface area contributed by atoms with Crippen molar-refractivity contribution in [3.63, 3.8) is 0 Å². The van der Waals surface area contributed by atoms with Crippen molar-refractivity contribution in [1.29, 1.82) is 0 Å². The molecule has 1 saturated heterocycles. The monoisotopic (exact) mass is 170 g/mol. The SMILES string of the molecule is O=C(c1cocn1)N1CC(F)C1. The second-order valence-electron chi connectivity index (χ2n) is 2.68. The molecule has 64 valence electrons. The van der Waals surface area contributed by atoms with E-state index >= 15 is 0 Å². The molecule has 0 N–H and O–H groups in total. The third-order valence-corrected chi connectivity index (χ3v) is 1.78. The molecule has 0 saturated carbocycles. The van der Waals surface area contributed by atoms with Gasteiger partial charge in [0.2, 0.25) is 0 Å². The molecular formula is C7H7FN2O2. The summed E-state index contributed by atoms with van der Waals surface area (Å²) in [5.41, 5.74) is 0.238. The lowest BCUT2D eigenvalue weighted by Crippen LogP contribution is -2.51. The number of hydrogen-bond donors (Lipinski definition) is 0. The topological polar surface area (TPSA) is 46.3 Å². The molecule has 1 aliphatic heterocycles. The highest BCUT2D eigenvalue weighted by atomic mass is 19.1. The highest BCUT2D eigenvalue weighted by Gasteiger charge is 2.31. The predicted octanol–water partition coefficient (Wildman–Crippen LogP) is 0.469. The first-order chi connectivity index (χ1) is 5.77. The molecule has 5 heteroatoms. The number of carbonyl (C=O) groups is 1. The van der Waals surface area contributed by atoms with Crippen LogP contribution in [0.25, 0.3) is 0 Å². The van der Waals surface area contributed by atoms with Gasteiger partial charge in [0.1, 0.15) is 12.4 Å². The number of amides is 1. The van der Waals surface area contributed by atoms with E-state index in [0.29, 0.717) is 0 Å². The zero-order valence-electron chi connectivity index (χ0n) is 6.24.